The van der Waals surface area contributed by atoms with Crippen LogP contribution in [0.2, 0.25) is 0 Å². The van der Waals surface area contributed by atoms with Gasteiger partial charge in [0.2, 0.25) is 0 Å². The molecule has 0 saturated carbocycles. The Kier molecular flexibility index (Phi) is 3.98. The van der Waals surface area contributed by atoms with Crippen LogP contribution in [-0.4, -0.2) is 47.2 Å². The van der Waals surface area contributed by atoms with Crippen LogP contribution in [0.4, 0.5) is 14.9 Å². The van der Waals surface area contributed by atoms with Gasteiger partial charge in [-0.15, -0.1) is 0 Å². The third-order valence-electron chi connectivity index (χ3n) is 3.11. The molecule has 1 aromatic carbocycles. The standard InChI is InChI=1S/C12H12FN2O3.Sn/c1-7(11(14)16)10-6-15(12(17)18-10)9-4-2-3-8(13)5-9;/h2,4-5,7,10H,6H2,1H3,(H2,14,16);/t7-,10?;/m0./s1. The van der Waals surface area contributed by atoms with Crippen molar-refractivity contribution in [1.82, 2.24) is 0 Å². The molecule has 2 N–H and O–H groups in total. The van der Waals surface area contributed by atoms with Gasteiger partial charge in [0.1, 0.15) is 0 Å². The zero-order valence-electron chi connectivity index (χ0n) is 10.2. The molecule has 0 aliphatic carbocycles. The van der Waals surface area contributed by atoms with E-state index in [-0.39, 0.29) is 12.4 Å². The van der Waals surface area contributed by atoms with Crippen LogP contribution < -0.4 is 14.2 Å². The van der Waals surface area contributed by atoms with Crippen molar-refractivity contribution in [2.24, 2.45) is 11.7 Å². The molecule has 19 heavy (non-hydrogen) atoms. The number of ether oxygens (including phenoxy) is 1. The van der Waals surface area contributed by atoms with Crippen LogP contribution in [0.5, 0.6) is 0 Å². The number of nitrogens with zero attached hydrogens (tertiary/aromatic N) is 1. The average molecular weight is 370 g/mol. The van der Waals surface area contributed by atoms with Crippen molar-refractivity contribution >= 4 is 43.8 Å². The van der Waals surface area contributed by atoms with Gasteiger partial charge in [0.25, 0.3) is 0 Å². The van der Waals surface area contributed by atoms with E-state index in [1.807, 2.05) is 0 Å². The van der Waals surface area contributed by atoms with Gasteiger partial charge in [-0.3, -0.25) is 0 Å². The number of carbonyl (C=O) groups excluding carboxylic acids is 2. The number of nitrogens with two attached hydrogens (primary N) is 1. The Hall–Kier alpha value is -1.31. The number of rotatable bonds is 3. The molecule has 99 valence electrons. The average Bonchev–Trinajstić information content (AvgIpc) is 2.73. The summed E-state index contributed by atoms with van der Waals surface area (Å²) in [5.74, 6) is -1.46. The maximum absolute atomic E-state index is 13.5. The maximum atomic E-state index is 13.5. The molecule has 1 heterocycles. The second kappa shape index (κ2) is 5.36. The summed E-state index contributed by atoms with van der Waals surface area (Å²) in [6.45, 7) is 1.79. The molecule has 7 heteroatoms. The van der Waals surface area contributed by atoms with E-state index in [0.717, 1.165) is 22.5 Å². The summed E-state index contributed by atoms with van der Waals surface area (Å²) < 4.78 is 19.2. The molecule has 1 aliphatic heterocycles. The molecule has 3 radical (unpaired) electrons. The van der Waals surface area contributed by atoms with Gasteiger partial charge in [-0.25, -0.2) is 0 Å². The predicted molar refractivity (Wildman–Crippen MR) is 67.8 cm³/mol. The molecular weight excluding hydrogens is 358 g/mol. The van der Waals surface area contributed by atoms with Crippen molar-refractivity contribution < 1.29 is 18.7 Å². The third-order valence-corrected chi connectivity index (χ3v) is 4.26. The Balaban J connectivity index is 2.20. The molecule has 2 amide bonds. The van der Waals surface area contributed by atoms with E-state index in [2.05, 4.69) is 0 Å². The molecule has 5 nitrogen and oxygen atoms in total. The fraction of sp³-hybridized carbons (Fsp3) is 0.333. The van der Waals surface area contributed by atoms with Crippen LogP contribution >= 0.6 is 0 Å². The second-order valence-electron chi connectivity index (χ2n) is 4.39. The van der Waals surface area contributed by atoms with Crippen LogP contribution in [0, 0.1) is 11.7 Å². The van der Waals surface area contributed by atoms with Crippen molar-refractivity contribution in [3.8, 4) is 0 Å². The molecule has 1 unspecified atom stereocenters. The summed E-state index contributed by atoms with van der Waals surface area (Å²) in [5.41, 5.74) is 5.61. The van der Waals surface area contributed by atoms with E-state index in [1.54, 1.807) is 19.1 Å². The molecule has 0 bridgehead atoms. The molecule has 1 saturated heterocycles. The zero-order chi connectivity index (χ0) is 14.2. The van der Waals surface area contributed by atoms with E-state index in [1.165, 1.54) is 11.0 Å². The first-order valence-electron chi connectivity index (χ1n) is 5.68. The Morgan fingerprint density at radius 1 is 1.63 bits per heavy atom. The van der Waals surface area contributed by atoms with Crippen molar-refractivity contribution in [3.63, 3.8) is 0 Å². The van der Waals surface area contributed by atoms with Crippen molar-refractivity contribution in [2.45, 2.75) is 13.0 Å². The van der Waals surface area contributed by atoms with Gasteiger partial charge >= 0.3 is 123 Å². The molecule has 0 aromatic heterocycles. The van der Waals surface area contributed by atoms with Gasteiger partial charge in [0, 0.05) is 0 Å². The molecule has 1 fully saturated rings. The number of cyclic esters (lactones) is 1. The fourth-order valence-electron chi connectivity index (χ4n) is 1.81. The fourth-order valence-corrected chi connectivity index (χ4v) is 2.25. The van der Waals surface area contributed by atoms with Crippen LogP contribution in [0.1, 0.15) is 6.92 Å². The monoisotopic (exact) mass is 371 g/mol. The molecule has 1 aliphatic rings. The summed E-state index contributed by atoms with van der Waals surface area (Å²) in [4.78, 5) is 24.1. The van der Waals surface area contributed by atoms with Gasteiger partial charge < -0.3 is 0 Å². The van der Waals surface area contributed by atoms with E-state index >= 15 is 0 Å². The summed E-state index contributed by atoms with van der Waals surface area (Å²) in [7, 11) is 0. The number of carbonyl (C=O) groups is 2. The topological polar surface area (TPSA) is 72.6 Å². The van der Waals surface area contributed by atoms with E-state index in [9.17, 15) is 14.0 Å². The van der Waals surface area contributed by atoms with Crippen LogP contribution in [0.25, 0.3) is 0 Å². The summed E-state index contributed by atoms with van der Waals surface area (Å²) in [5, 5.41) is 0. The minimum atomic E-state index is -0.597. The number of hydrogen-bond acceptors (Lipinski definition) is 3. The SMILES string of the molecule is C[C@H](C(N)=O)C1CN(c2cc[c]([Sn])c(F)c2)C(=O)O1. The molecule has 1 aromatic rings. The zero-order valence-corrected chi connectivity index (χ0v) is 13.1. The molecule has 2 rings (SSSR count). The Labute approximate surface area is 123 Å². The quantitative estimate of drug-likeness (QED) is 0.766. The van der Waals surface area contributed by atoms with Gasteiger partial charge in [-0.1, -0.05) is 0 Å². The van der Waals surface area contributed by atoms with Crippen molar-refractivity contribution in [1.29, 1.82) is 0 Å². The molecule has 2 atom stereocenters. The van der Waals surface area contributed by atoms with Gasteiger partial charge in [0.05, 0.1) is 0 Å². The Bertz CT molecular complexity index is 538. The first kappa shape index (κ1) is 14.1. The van der Waals surface area contributed by atoms with Crippen LogP contribution in [-0.2, 0) is 9.53 Å². The predicted octanol–water partition coefficient (Wildman–Crippen LogP) is 0.0661. The van der Waals surface area contributed by atoms with E-state index < -0.39 is 24.0 Å². The third kappa shape index (κ3) is 2.83. The van der Waals surface area contributed by atoms with Gasteiger partial charge in [-0.05, 0) is 0 Å². The molecule has 0 spiro atoms. The summed E-state index contributed by atoms with van der Waals surface area (Å²) in [6, 6.07) is 4.58. The number of anilines is 1. The Morgan fingerprint density at radius 2 is 2.32 bits per heavy atom. The number of halogens is 1. The van der Waals surface area contributed by atoms with Crippen LogP contribution in [0.15, 0.2) is 18.2 Å². The van der Waals surface area contributed by atoms with Crippen LogP contribution in [0.3, 0.4) is 0 Å². The number of primary amides is 1. The summed E-state index contributed by atoms with van der Waals surface area (Å²) >= 11 is 0.967. The van der Waals surface area contributed by atoms with Crippen molar-refractivity contribution in [3.05, 3.63) is 24.0 Å². The minimum absolute atomic E-state index is 0.193. The normalized spacial score (nSPS) is 20.3. The van der Waals surface area contributed by atoms with Gasteiger partial charge in [-0.2, -0.15) is 0 Å². The number of amides is 2. The first-order valence-corrected chi connectivity index (χ1v) is 7.11. The number of benzene rings is 1. The first-order chi connectivity index (χ1) is 8.90. The second-order valence-corrected chi connectivity index (χ2v) is 5.93. The van der Waals surface area contributed by atoms with E-state index in [0.29, 0.717) is 9.27 Å². The Morgan fingerprint density at radius 3 is 2.89 bits per heavy atom. The summed E-state index contributed by atoms with van der Waals surface area (Å²) in [6.07, 6.45) is -1.19. The molecular formula is C12H12FN2O3Sn. The van der Waals surface area contributed by atoms with E-state index in [4.69, 9.17) is 10.5 Å². The number of hydrogen-bond donors (Lipinski definition) is 1. The van der Waals surface area contributed by atoms with Gasteiger partial charge in [0.15, 0.2) is 0 Å². The van der Waals surface area contributed by atoms with Crippen molar-refractivity contribution in [2.75, 3.05) is 11.4 Å².